The van der Waals surface area contributed by atoms with Gasteiger partial charge in [0.2, 0.25) is 0 Å². The van der Waals surface area contributed by atoms with Crippen LogP contribution in [0.1, 0.15) is 0 Å². The van der Waals surface area contributed by atoms with Crippen LogP contribution in [0.5, 0.6) is 0 Å². The van der Waals surface area contributed by atoms with Gasteiger partial charge in [0.15, 0.2) is 0 Å². The Labute approximate surface area is 162 Å². The van der Waals surface area contributed by atoms with Crippen molar-refractivity contribution in [1.82, 2.24) is 0 Å². The van der Waals surface area contributed by atoms with E-state index in [1.165, 1.54) is 0 Å². The van der Waals surface area contributed by atoms with E-state index < -0.39 is 0 Å². The van der Waals surface area contributed by atoms with Gasteiger partial charge in [-0.1, -0.05) is 0 Å². The van der Waals surface area contributed by atoms with Crippen molar-refractivity contribution in [2.45, 2.75) is 0 Å². The topological polar surface area (TPSA) is 0 Å². The van der Waals surface area contributed by atoms with Gasteiger partial charge in [0.05, 0.1) is 0 Å². The molecule has 4 rings (SSSR count). The maximum absolute atomic E-state index is 2.89. The van der Waals surface area contributed by atoms with E-state index in [0.29, 0.717) is 0 Å². The summed E-state index contributed by atoms with van der Waals surface area (Å²) in [6, 6.07) is 50.0. The van der Waals surface area contributed by atoms with E-state index in [0.717, 1.165) is 0 Å². The molecule has 0 aliphatic rings. The Bertz CT molecular complexity index is 420. The van der Waals surface area contributed by atoms with Crippen molar-refractivity contribution < 1.29 is 17.1 Å². The average Bonchev–Trinajstić information content (AvgIpc) is 2.75. The first-order valence-electron chi connectivity index (χ1n) is 7.64. The van der Waals surface area contributed by atoms with Crippen LogP contribution in [0, 0.1) is 24.3 Å². The Kier molecular flexibility index (Phi) is 17.4. The van der Waals surface area contributed by atoms with E-state index in [1.54, 1.807) is 0 Å². The fourth-order valence-corrected chi connectivity index (χ4v) is 1.37. The molecule has 0 aliphatic carbocycles. The van der Waals surface area contributed by atoms with Crippen molar-refractivity contribution in [2.24, 2.45) is 0 Å². The summed E-state index contributed by atoms with van der Waals surface area (Å²) < 4.78 is 0. The monoisotopic (exact) mass is 364 g/mol. The van der Waals surface area contributed by atoms with Crippen LogP contribution in [0.25, 0.3) is 0 Å². The summed E-state index contributed by atoms with van der Waals surface area (Å²) >= 11 is 0. The summed E-state index contributed by atoms with van der Waals surface area (Å²) in [6.07, 6.45) is 0. The Morgan fingerprint density at radius 3 is 0.440 bits per heavy atom. The van der Waals surface area contributed by atoms with Crippen molar-refractivity contribution in [1.29, 1.82) is 0 Å². The van der Waals surface area contributed by atoms with Crippen LogP contribution < -0.4 is 0 Å². The molecule has 0 saturated carbocycles. The van der Waals surface area contributed by atoms with Crippen LogP contribution in [0.2, 0.25) is 0 Å². The van der Waals surface area contributed by atoms with Gasteiger partial charge in [-0.3, -0.25) is 0 Å². The molecule has 0 heterocycles. The fraction of sp³-hybridized carbons (Fsp3) is 0. The molecule has 25 heavy (non-hydrogen) atoms. The Balaban J connectivity index is 0.000000303. The standard InChI is InChI=1S/4C6H5.Fe/c4*1-2-4-6-5-3-1;/h4*1-5H;/q4*-1;+4. The summed E-state index contributed by atoms with van der Waals surface area (Å²) in [7, 11) is 0. The van der Waals surface area contributed by atoms with Gasteiger partial charge in [-0.15, -0.1) is 0 Å². The van der Waals surface area contributed by atoms with Gasteiger partial charge in [-0.2, -0.15) is 146 Å². The summed E-state index contributed by atoms with van der Waals surface area (Å²) in [6.45, 7) is 0. The van der Waals surface area contributed by atoms with Gasteiger partial charge in [0.25, 0.3) is 0 Å². The third-order valence-corrected chi connectivity index (χ3v) is 2.43. The molecule has 0 spiro atoms. The van der Waals surface area contributed by atoms with Crippen molar-refractivity contribution in [3.8, 4) is 0 Å². The predicted molar refractivity (Wildman–Crippen MR) is 101 cm³/mol. The molecule has 0 aliphatic heterocycles. The zero-order valence-electron chi connectivity index (χ0n) is 13.9. The molecule has 4 aromatic rings. The Hall–Kier alpha value is -2.60. The van der Waals surface area contributed by atoms with Gasteiger partial charge in [-0.25, -0.2) is 0 Å². The second-order valence-electron chi connectivity index (χ2n) is 4.31. The molecular formula is C24H20Fe. The van der Waals surface area contributed by atoms with Crippen LogP contribution in [0.15, 0.2) is 121 Å². The molecule has 0 unspecified atom stereocenters. The molecule has 0 saturated heterocycles. The fourth-order valence-electron chi connectivity index (χ4n) is 1.37. The Morgan fingerprint density at radius 2 is 0.400 bits per heavy atom. The van der Waals surface area contributed by atoms with Crippen molar-refractivity contribution >= 4 is 0 Å². The van der Waals surface area contributed by atoms with Gasteiger partial charge in [0, 0.05) is 0 Å². The minimum absolute atomic E-state index is 0. The van der Waals surface area contributed by atoms with Crippen molar-refractivity contribution in [2.75, 3.05) is 0 Å². The molecule has 0 fully saturated rings. The van der Waals surface area contributed by atoms with E-state index >= 15 is 0 Å². The number of benzene rings is 4. The van der Waals surface area contributed by atoms with Gasteiger partial charge < -0.3 is 0 Å². The third kappa shape index (κ3) is 17.6. The first kappa shape index (κ1) is 22.4. The molecule has 0 aromatic heterocycles. The summed E-state index contributed by atoms with van der Waals surface area (Å²) in [5.41, 5.74) is 0. The van der Waals surface area contributed by atoms with E-state index in [1.807, 2.05) is 121 Å². The second-order valence-corrected chi connectivity index (χ2v) is 4.31. The molecule has 1 heteroatoms. The van der Waals surface area contributed by atoms with Gasteiger partial charge in [-0.05, 0) is 0 Å². The third-order valence-electron chi connectivity index (χ3n) is 2.43. The quantitative estimate of drug-likeness (QED) is 0.267. The van der Waals surface area contributed by atoms with E-state index in [4.69, 9.17) is 0 Å². The normalized spacial score (nSPS) is 7.68. The first-order chi connectivity index (χ1) is 12.0. The zero-order chi connectivity index (χ0) is 17.0. The summed E-state index contributed by atoms with van der Waals surface area (Å²) in [5.74, 6) is 0. The molecule has 124 valence electrons. The van der Waals surface area contributed by atoms with Crippen LogP contribution in [-0.2, 0) is 17.1 Å². The van der Waals surface area contributed by atoms with Crippen molar-refractivity contribution in [3.05, 3.63) is 146 Å². The number of rotatable bonds is 0. The zero-order valence-corrected chi connectivity index (χ0v) is 15.0. The maximum Gasteiger partial charge on any atom is 4.00 e. The van der Waals surface area contributed by atoms with Crippen LogP contribution in [0.3, 0.4) is 0 Å². The molecule has 0 bridgehead atoms. The summed E-state index contributed by atoms with van der Waals surface area (Å²) in [4.78, 5) is 0. The molecule has 0 nitrogen and oxygen atoms in total. The molecule has 0 amide bonds. The predicted octanol–water partition coefficient (Wildman–Crippen LogP) is 5.94. The molecular weight excluding hydrogens is 344 g/mol. The second kappa shape index (κ2) is 19.4. The van der Waals surface area contributed by atoms with Crippen LogP contribution >= 0.6 is 0 Å². The van der Waals surface area contributed by atoms with E-state index in [9.17, 15) is 0 Å². The largest absolute Gasteiger partial charge is 4.00 e. The smallest absolute Gasteiger partial charge is 0.184 e. The minimum atomic E-state index is 0. The van der Waals surface area contributed by atoms with Crippen LogP contribution in [-0.4, -0.2) is 0 Å². The number of hydrogen-bond donors (Lipinski definition) is 0. The average molecular weight is 364 g/mol. The molecule has 0 radical (unpaired) electrons. The van der Waals surface area contributed by atoms with Crippen LogP contribution in [0.4, 0.5) is 0 Å². The molecule has 4 aromatic carbocycles. The molecule has 0 N–H and O–H groups in total. The van der Waals surface area contributed by atoms with Gasteiger partial charge >= 0.3 is 17.1 Å². The SMILES string of the molecule is [Fe+4].[c-]1ccccc1.[c-]1ccccc1.[c-]1ccccc1.[c-]1ccccc1. The van der Waals surface area contributed by atoms with Crippen molar-refractivity contribution in [3.63, 3.8) is 0 Å². The first-order valence-corrected chi connectivity index (χ1v) is 7.64. The number of hydrogen-bond acceptors (Lipinski definition) is 0. The Morgan fingerprint density at radius 1 is 0.240 bits per heavy atom. The summed E-state index contributed by atoms with van der Waals surface area (Å²) in [5, 5.41) is 0. The molecule has 0 atom stereocenters. The minimum Gasteiger partial charge on any atom is -0.184 e. The maximum atomic E-state index is 2.89. The van der Waals surface area contributed by atoms with E-state index in [-0.39, 0.29) is 17.1 Å². The van der Waals surface area contributed by atoms with Gasteiger partial charge in [0.1, 0.15) is 0 Å². The van der Waals surface area contributed by atoms with E-state index in [2.05, 4.69) is 24.3 Å².